The number of pyridine rings is 1. The van der Waals surface area contributed by atoms with Crippen LogP contribution in [0.5, 0.6) is 23.3 Å². The van der Waals surface area contributed by atoms with Crippen molar-refractivity contribution in [2.45, 2.75) is 89.8 Å². The maximum atomic E-state index is 11.8. The molecule has 2 saturated carbocycles. The van der Waals surface area contributed by atoms with Gasteiger partial charge in [0.15, 0.2) is 0 Å². The number of halogens is 2. The zero-order valence-electron chi connectivity index (χ0n) is 30.8. The van der Waals surface area contributed by atoms with E-state index in [9.17, 15) is 19.8 Å². The van der Waals surface area contributed by atoms with Gasteiger partial charge in [0.25, 0.3) is 0 Å². The number of benzene rings is 3. The lowest BCUT2D eigenvalue weighted by atomic mass is 9.76. The first-order chi connectivity index (χ1) is 25.9. The number of hydrogen-bond donors (Lipinski definition) is 4. The van der Waals surface area contributed by atoms with Gasteiger partial charge in [0.05, 0.1) is 19.2 Å². The molecule has 6 rings (SSSR count). The highest BCUT2D eigenvalue weighted by molar-refractivity contribution is 6.32. The van der Waals surface area contributed by atoms with Gasteiger partial charge in [-0.15, -0.1) is 0 Å². The molecule has 1 aromatic heterocycles. The Morgan fingerprint density at radius 3 is 1.69 bits per heavy atom. The quantitative estimate of drug-likeness (QED) is 0.0826. The van der Waals surface area contributed by atoms with E-state index in [2.05, 4.69) is 34.7 Å². The molecule has 2 aliphatic carbocycles. The Labute approximate surface area is 324 Å². The van der Waals surface area contributed by atoms with Crippen LogP contribution < -0.4 is 29.6 Å². The third-order valence-electron chi connectivity index (χ3n) is 10.9. The van der Waals surface area contributed by atoms with Crippen LogP contribution in [0.15, 0.2) is 54.6 Å². The predicted molar refractivity (Wildman–Crippen MR) is 206 cm³/mol. The molecule has 0 radical (unpaired) electrons. The molecule has 286 valence electrons. The fraction of sp³-hybridized carbons (Fsp3) is 0.390. The molecule has 54 heavy (non-hydrogen) atoms. The summed E-state index contributed by atoms with van der Waals surface area (Å²) in [5.74, 6) is -0.154. The van der Waals surface area contributed by atoms with Gasteiger partial charge in [-0.3, -0.25) is 20.2 Å². The summed E-state index contributed by atoms with van der Waals surface area (Å²) in [6.07, 6.45) is 4.06. The summed E-state index contributed by atoms with van der Waals surface area (Å²) in [6.45, 7) is 5.13. The highest BCUT2D eigenvalue weighted by Gasteiger charge is 2.45. The number of hydrogen-bond acceptors (Lipinski definition) is 9. The van der Waals surface area contributed by atoms with Crippen LogP contribution in [0.25, 0.3) is 11.1 Å². The molecule has 11 nitrogen and oxygen atoms in total. The summed E-state index contributed by atoms with van der Waals surface area (Å²) in [5, 5.41) is 26.4. The summed E-state index contributed by atoms with van der Waals surface area (Å²) in [7, 11) is 3.07. The smallest absolute Gasteiger partial charge is 0.323 e. The molecule has 0 aliphatic heterocycles. The van der Waals surface area contributed by atoms with Crippen LogP contribution in [0, 0.1) is 13.8 Å². The van der Waals surface area contributed by atoms with E-state index >= 15 is 0 Å². The van der Waals surface area contributed by atoms with Gasteiger partial charge >= 0.3 is 11.9 Å². The average Bonchev–Trinajstić information content (AvgIpc) is 3.10. The largest absolute Gasteiger partial charge is 0.496 e. The number of nitrogens with zero attached hydrogens (tertiary/aromatic N) is 1. The van der Waals surface area contributed by atoms with Gasteiger partial charge in [-0.1, -0.05) is 59.6 Å². The molecule has 13 heteroatoms. The Bertz CT molecular complexity index is 1900. The van der Waals surface area contributed by atoms with Crippen molar-refractivity contribution in [3.05, 3.63) is 98.0 Å². The van der Waals surface area contributed by atoms with Crippen molar-refractivity contribution in [3.8, 4) is 34.4 Å². The minimum Gasteiger partial charge on any atom is -0.496 e. The molecule has 4 aromatic rings. The highest BCUT2D eigenvalue weighted by Crippen LogP contribution is 2.38. The molecule has 0 amide bonds. The minimum atomic E-state index is -0.932. The molecule has 0 unspecified atom stereocenters. The maximum absolute atomic E-state index is 11.8. The van der Waals surface area contributed by atoms with Crippen LogP contribution in [0.1, 0.15) is 71.9 Å². The van der Waals surface area contributed by atoms with Gasteiger partial charge in [0.1, 0.15) is 40.8 Å². The lowest BCUT2D eigenvalue weighted by Crippen LogP contribution is -2.56. The van der Waals surface area contributed by atoms with E-state index in [0.717, 1.165) is 51.8 Å². The summed E-state index contributed by atoms with van der Waals surface area (Å²) < 4.78 is 23.5. The number of carboxylic acids is 2. The number of methoxy groups -OCH3 is 2. The highest BCUT2D eigenvalue weighted by atomic mass is 35.5. The number of aromatic nitrogens is 1. The summed E-state index contributed by atoms with van der Waals surface area (Å²) in [5.41, 5.74) is 5.65. The van der Waals surface area contributed by atoms with E-state index in [4.69, 9.17) is 42.1 Å². The Hall–Kier alpha value is -4.55. The van der Waals surface area contributed by atoms with E-state index in [-0.39, 0.29) is 25.6 Å². The third kappa shape index (κ3) is 7.95. The van der Waals surface area contributed by atoms with Gasteiger partial charge in [-0.25, -0.2) is 0 Å². The van der Waals surface area contributed by atoms with Crippen molar-refractivity contribution < 1.29 is 38.7 Å². The zero-order chi connectivity index (χ0) is 38.6. The first-order valence-corrected chi connectivity index (χ1v) is 18.7. The van der Waals surface area contributed by atoms with Crippen LogP contribution in [-0.4, -0.2) is 52.4 Å². The summed E-state index contributed by atoms with van der Waals surface area (Å²) >= 11 is 13.3. The molecule has 2 fully saturated rings. The van der Waals surface area contributed by atoms with Crippen LogP contribution in [-0.2, 0) is 35.9 Å². The van der Waals surface area contributed by atoms with Gasteiger partial charge in [0.2, 0.25) is 11.8 Å². The molecule has 1 heterocycles. The molecule has 0 atom stereocenters. The molecule has 0 bridgehead atoms. The number of aliphatic carboxylic acids is 2. The maximum Gasteiger partial charge on any atom is 0.323 e. The Morgan fingerprint density at radius 1 is 0.685 bits per heavy atom. The van der Waals surface area contributed by atoms with Gasteiger partial charge < -0.3 is 29.2 Å². The fourth-order valence-electron chi connectivity index (χ4n) is 7.00. The van der Waals surface area contributed by atoms with Crippen LogP contribution in [0.3, 0.4) is 0 Å². The standard InChI is InChI=1S/C41H45Cl2N3O8/c1-24-26(22-53-35-19-34(51-3)28(17-32(35)42)20-44-40(38(47)48)13-7-14-40)9-5-11-30(24)31-12-6-10-27(25(31)2)23-54-37-33(43)18-29(36(46-37)52-4)21-45-41(39(49)50)15-8-16-41/h5-6,9-12,17-19,44-45H,7-8,13-16,20-23H2,1-4H3,(H,47,48)(H,49,50). The number of rotatable bonds is 17. The van der Waals surface area contributed by atoms with E-state index in [1.807, 2.05) is 31.2 Å². The zero-order valence-corrected chi connectivity index (χ0v) is 32.3. The lowest BCUT2D eigenvalue weighted by molar-refractivity contribution is -0.149. The van der Waals surface area contributed by atoms with Gasteiger partial charge in [-0.05, 0) is 97.9 Å². The van der Waals surface area contributed by atoms with Gasteiger partial charge in [-0.2, -0.15) is 4.98 Å². The number of carbonyl (C=O) groups is 2. The Balaban J connectivity index is 1.13. The second-order valence-corrected chi connectivity index (χ2v) is 14.8. The monoisotopic (exact) mass is 777 g/mol. The second kappa shape index (κ2) is 16.4. The van der Waals surface area contributed by atoms with E-state index in [1.165, 1.54) is 7.11 Å². The first-order valence-electron chi connectivity index (χ1n) is 17.9. The molecule has 2 aliphatic rings. The fourth-order valence-corrected chi connectivity index (χ4v) is 7.47. The molecule has 0 spiro atoms. The van der Waals surface area contributed by atoms with Crippen molar-refractivity contribution in [1.82, 2.24) is 15.6 Å². The molecule has 0 saturated heterocycles. The number of carboxylic acid groups (broad SMARTS) is 2. The van der Waals surface area contributed by atoms with Crippen LogP contribution in [0.2, 0.25) is 10.0 Å². The predicted octanol–water partition coefficient (Wildman–Crippen LogP) is 8.04. The third-order valence-corrected chi connectivity index (χ3v) is 11.5. The SMILES string of the molecule is COc1cc(OCc2cccc(-c3cccc(COc4nc(OC)c(CNC5(C(=O)O)CCC5)cc4Cl)c3C)c2C)c(Cl)cc1CNC1(C(=O)O)CCC1. The first kappa shape index (κ1) is 39.2. The average molecular weight is 779 g/mol. The lowest BCUT2D eigenvalue weighted by Gasteiger charge is -2.38. The van der Waals surface area contributed by atoms with E-state index in [1.54, 1.807) is 25.3 Å². The Kier molecular flexibility index (Phi) is 11.9. The van der Waals surface area contributed by atoms with E-state index in [0.29, 0.717) is 65.2 Å². The van der Waals surface area contributed by atoms with Crippen molar-refractivity contribution in [2.75, 3.05) is 14.2 Å². The summed E-state index contributed by atoms with van der Waals surface area (Å²) in [6, 6.07) is 17.3. The van der Waals surface area contributed by atoms with Crippen LogP contribution >= 0.6 is 23.2 Å². The van der Waals surface area contributed by atoms with E-state index < -0.39 is 23.0 Å². The second-order valence-electron chi connectivity index (χ2n) is 14.0. The molecular formula is C41H45Cl2N3O8. The van der Waals surface area contributed by atoms with Crippen molar-refractivity contribution >= 4 is 35.1 Å². The topological polar surface area (TPSA) is 148 Å². The molecule has 3 aromatic carbocycles. The van der Waals surface area contributed by atoms with Gasteiger partial charge in [0, 0.05) is 30.3 Å². The van der Waals surface area contributed by atoms with Crippen molar-refractivity contribution in [2.24, 2.45) is 0 Å². The van der Waals surface area contributed by atoms with Crippen molar-refractivity contribution in [1.29, 1.82) is 0 Å². The van der Waals surface area contributed by atoms with Crippen LogP contribution in [0.4, 0.5) is 0 Å². The summed E-state index contributed by atoms with van der Waals surface area (Å²) in [4.78, 5) is 28.1. The molecule has 4 N–H and O–H groups in total. The molecular weight excluding hydrogens is 733 g/mol. The number of ether oxygens (including phenoxy) is 4. The number of nitrogens with one attached hydrogen (secondary N) is 2. The minimum absolute atomic E-state index is 0.209. The van der Waals surface area contributed by atoms with Crippen molar-refractivity contribution in [3.63, 3.8) is 0 Å². The normalized spacial score (nSPS) is 15.4. The Morgan fingerprint density at radius 2 is 1.20 bits per heavy atom.